The van der Waals surface area contributed by atoms with Crippen LogP contribution in [-0.2, 0) is 0 Å². The second-order valence-electron chi connectivity index (χ2n) is 7.16. The first-order valence-electron chi connectivity index (χ1n) is 8.75. The predicted molar refractivity (Wildman–Crippen MR) is 85.0 cm³/mol. The zero-order valence-electron chi connectivity index (χ0n) is 13.8. The summed E-state index contributed by atoms with van der Waals surface area (Å²) in [6.07, 6.45) is 7.35. The number of nitrogens with zero attached hydrogens (tertiary/aromatic N) is 2. The van der Waals surface area contributed by atoms with Gasteiger partial charge in [-0.2, -0.15) is 0 Å². The van der Waals surface area contributed by atoms with Crippen LogP contribution >= 0.6 is 0 Å². The molecule has 0 aromatic rings. The van der Waals surface area contributed by atoms with E-state index in [2.05, 4.69) is 30.6 Å². The van der Waals surface area contributed by atoms with Crippen molar-refractivity contribution in [3.63, 3.8) is 0 Å². The Morgan fingerprint density at radius 1 is 0.950 bits per heavy atom. The summed E-state index contributed by atoms with van der Waals surface area (Å²) in [7, 11) is 0. The fourth-order valence-electron chi connectivity index (χ4n) is 3.78. The highest BCUT2D eigenvalue weighted by molar-refractivity contribution is 4.86. The lowest BCUT2D eigenvalue weighted by Crippen LogP contribution is -2.54. The van der Waals surface area contributed by atoms with Gasteiger partial charge in [-0.1, -0.05) is 20.8 Å². The molecule has 1 saturated heterocycles. The van der Waals surface area contributed by atoms with Crippen molar-refractivity contribution in [1.29, 1.82) is 0 Å². The molecule has 3 nitrogen and oxygen atoms in total. The summed E-state index contributed by atoms with van der Waals surface area (Å²) in [5.41, 5.74) is -0.470. The van der Waals surface area contributed by atoms with Crippen molar-refractivity contribution >= 4 is 0 Å². The van der Waals surface area contributed by atoms with Gasteiger partial charge < -0.3 is 5.11 Å². The topological polar surface area (TPSA) is 26.7 Å². The van der Waals surface area contributed by atoms with Gasteiger partial charge in [0.25, 0.3) is 0 Å². The summed E-state index contributed by atoms with van der Waals surface area (Å²) in [5, 5.41) is 10.5. The zero-order chi connectivity index (χ0) is 14.6. The Labute approximate surface area is 125 Å². The van der Waals surface area contributed by atoms with Crippen LogP contribution in [0.5, 0.6) is 0 Å². The molecule has 20 heavy (non-hydrogen) atoms. The van der Waals surface area contributed by atoms with Crippen LogP contribution in [0.15, 0.2) is 0 Å². The predicted octanol–water partition coefficient (Wildman–Crippen LogP) is 2.73. The van der Waals surface area contributed by atoms with E-state index >= 15 is 0 Å². The molecule has 0 amide bonds. The minimum atomic E-state index is -0.470. The third kappa shape index (κ3) is 4.19. The van der Waals surface area contributed by atoms with Crippen molar-refractivity contribution < 1.29 is 5.11 Å². The average molecular weight is 282 g/mol. The van der Waals surface area contributed by atoms with Crippen LogP contribution in [0.2, 0.25) is 0 Å². The Kier molecular flexibility index (Phi) is 5.88. The molecule has 1 N–H and O–H groups in total. The first kappa shape index (κ1) is 16.3. The molecule has 0 spiro atoms. The second-order valence-corrected chi connectivity index (χ2v) is 7.16. The summed E-state index contributed by atoms with van der Waals surface area (Å²) >= 11 is 0. The molecule has 2 fully saturated rings. The smallest absolute Gasteiger partial charge is 0.0768 e. The highest BCUT2D eigenvalue weighted by atomic mass is 16.3. The van der Waals surface area contributed by atoms with E-state index in [1.807, 2.05) is 0 Å². The van der Waals surface area contributed by atoms with Gasteiger partial charge in [0.1, 0.15) is 0 Å². The van der Waals surface area contributed by atoms with Gasteiger partial charge >= 0.3 is 0 Å². The van der Waals surface area contributed by atoms with E-state index in [1.54, 1.807) is 0 Å². The molecular weight excluding hydrogens is 248 g/mol. The molecule has 0 aromatic heterocycles. The average Bonchev–Trinajstić information content (AvgIpc) is 2.49. The molecule has 2 aliphatic rings. The fraction of sp³-hybridized carbons (Fsp3) is 1.00. The lowest BCUT2D eigenvalue weighted by molar-refractivity contribution is -0.0218. The first-order valence-corrected chi connectivity index (χ1v) is 8.75. The molecule has 0 bridgehead atoms. The van der Waals surface area contributed by atoms with Crippen LogP contribution in [0.3, 0.4) is 0 Å². The van der Waals surface area contributed by atoms with Crippen molar-refractivity contribution in [3.05, 3.63) is 0 Å². The maximum absolute atomic E-state index is 10.5. The van der Waals surface area contributed by atoms with E-state index in [0.29, 0.717) is 0 Å². The molecule has 3 heteroatoms. The third-order valence-electron chi connectivity index (χ3n) is 5.74. The van der Waals surface area contributed by atoms with Gasteiger partial charge in [-0.25, -0.2) is 0 Å². The lowest BCUT2D eigenvalue weighted by atomic mass is 9.86. The number of hydrogen-bond donors (Lipinski definition) is 1. The molecule has 0 unspecified atom stereocenters. The minimum absolute atomic E-state index is 0.470. The van der Waals surface area contributed by atoms with E-state index in [9.17, 15) is 5.11 Å². The second kappa shape index (κ2) is 7.24. The first-order chi connectivity index (χ1) is 9.56. The van der Waals surface area contributed by atoms with Crippen LogP contribution in [0.1, 0.15) is 59.3 Å². The van der Waals surface area contributed by atoms with Gasteiger partial charge in [-0.3, -0.25) is 9.80 Å². The number of rotatable bonds is 5. The molecule has 118 valence electrons. The Balaban J connectivity index is 1.75. The highest BCUT2D eigenvalue weighted by Gasteiger charge is 2.30. The van der Waals surface area contributed by atoms with E-state index in [-0.39, 0.29) is 0 Å². The van der Waals surface area contributed by atoms with Crippen molar-refractivity contribution in [2.75, 3.05) is 32.7 Å². The SMILES string of the molecule is CCC(O)(CC)CN1CCN(C2CCC(C)CC2)CC1. The normalized spacial score (nSPS) is 30.6. The molecule has 1 saturated carbocycles. The molecule has 2 rings (SSSR count). The van der Waals surface area contributed by atoms with Gasteiger partial charge in [0, 0.05) is 38.8 Å². The molecule has 1 heterocycles. The summed E-state index contributed by atoms with van der Waals surface area (Å²) in [4.78, 5) is 5.17. The van der Waals surface area contributed by atoms with Crippen LogP contribution in [0, 0.1) is 5.92 Å². The summed E-state index contributed by atoms with van der Waals surface area (Å²) in [5.74, 6) is 0.941. The Bertz CT molecular complexity index is 275. The van der Waals surface area contributed by atoms with Crippen molar-refractivity contribution in [2.45, 2.75) is 70.9 Å². The zero-order valence-corrected chi connectivity index (χ0v) is 13.8. The standard InChI is InChI=1S/C17H34N2O/c1-4-17(20,5-2)14-18-10-12-19(13-11-18)16-8-6-15(3)7-9-16/h15-16,20H,4-14H2,1-3H3. The van der Waals surface area contributed by atoms with Gasteiger partial charge in [-0.15, -0.1) is 0 Å². The van der Waals surface area contributed by atoms with E-state index in [0.717, 1.165) is 44.4 Å². The molecule has 1 aliphatic carbocycles. The summed E-state index contributed by atoms with van der Waals surface area (Å²) < 4.78 is 0. The minimum Gasteiger partial charge on any atom is -0.389 e. The Morgan fingerprint density at radius 3 is 2.00 bits per heavy atom. The van der Waals surface area contributed by atoms with Crippen molar-refractivity contribution in [2.24, 2.45) is 5.92 Å². The lowest BCUT2D eigenvalue weighted by Gasteiger charge is -2.43. The number of piperazine rings is 1. The monoisotopic (exact) mass is 282 g/mol. The van der Waals surface area contributed by atoms with Crippen LogP contribution in [0.25, 0.3) is 0 Å². The number of aliphatic hydroxyl groups is 1. The Hall–Kier alpha value is -0.120. The van der Waals surface area contributed by atoms with Crippen LogP contribution in [-0.4, -0.2) is 59.3 Å². The highest BCUT2D eigenvalue weighted by Crippen LogP contribution is 2.28. The quantitative estimate of drug-likeness (QED) is 0.840. The molecular formula is C17H34N2O. The molecule has 0 radical (unpaired) electrons. The maximum Gasteiger partial charge on any atom is 0.0768 e. The molecule has 1 aliphatic heterocycles. The van der Waals surface area contributed by atoms with E-state index in [4.69, 9.17) is 0 Å². The number of β-amino-alcohol motifs (C(OH)–C–C–N with tert-alkyl or cyclic N) is 1. The van der Waals surface area contributed by atoms with Gasteiger partial charge in [-0.05, 0) is 44.4 Å². The largest absolute Gasteiger partial charge is 0.389 e. The van der Waals surface area contributed by atoms with Gasteiger partial charge in [0.05, 0.1) is 5.60 Å². The van der Waals surface area contributed by atoms with Gasteiger partial charge in [0.15, 0.2) is 0 Å². The van der Waals surface area contributed by atoms with Crippen LogP contribution in [0.4, 0.5) is 0 Å². The molecule has 0 aromatic carbocycles. The summed E-state index contributed by atoms with van der Waals surface area (Å²) in [6, 6.07) is 0.838. The van der Waals surface area contributed by atoms with Crippen molar-refractivity contribution in [1.82, 2.24) is 9.80 Å². The fourth-order valence-corrected chi connectivity index (χ4v) is 3.78. The maximum atomic E-state index is 10.5. The molecule has 0 atom stereocenters. The van der Waals surface area contributed by atoms with Gasteiger partial charge in [0.2, 0.25) is 0 Å². The Morgan fingerprint density at radius 2 is 1.50 bits per heavy atom. The van der Waals surface area contributed by atoms with Crippen molar-refractivity contribution in [3.8, 4) is 0 Å². The summed E-state index contributed by atoms with van der Waals surface area (Å²) in [6.45, 7) is 12.1. The van der Waals surface area contributed by atoms with E-state index < -0.39 is 5.60 Å². The number of hydrogen-bond acceptors (Lipinski definition) is 3. The van der Waals surface area contributed by atoms with E-state index in [1.165, 1.54) is 38.8 Å². The van der Waals surface area contributed by atoms with Crippen LogP contribution < -0.4 is 0 Å². The third-order valence-corrected chi connectivity index (χ3v) is 5.74.